The molecular formula is C17H21N3O4S. The molecule has 4 atom stereocenters. The maximum atomic E-state index is 12.9. The van der Waals surface area contributed by atoms with Crippen LogP contribution in [0, 0.1) is 23.7 Å². The third-order valence-electron chi connectivity index (χ3n) is 6.80. The average Bonchev–Trinajstić information content (AvgIpc) is 3.20. The van der Waals surface area contributed by atoms with Gasteiger partial charge in [0.2, 0.25) is 5.71 Å². The number of hydrogen-bond acceptors (Lipinski definition) is 7. The van der Waals surface area contributed by atoms with Crippen molar-refractivity contribution < 1.29 is 19.2 Å². The van der Waals surface area contributed by atoms with Crippen molar-refractivity contribution in [1.29, 1.82) is 0 Å². The fourth-order valence-electron chi connectivity index (χ4n) is 5.03. The van der Waals surface area contributed by atoms with Gasteiger partial charge in [0.15, 0.2) is 10.6 Å². The van der Waals surface area contributed by atoms with Gasteiger partial charge in [-0.1, -0.05) is 19.0 Å². The number of aryl methyl sites for hydroxylation is 1. The first-order valence-corrected chi connectivity index (χ1v) is 9.27. The summed E-state index contributed by atoms with van der Waals surface area (Å²) in [5.74, 6) is -0.857. The minimum Gasteiger partial charge on any atom is -0.364 e. The number of thiazole rings is 1. The second-order valence-corrected chi connectivity index (χ2v) is 8.64. The molecular weight excluding hydrogens is 342 g/mol. The summed E-state index contributed by atoms with van der Waals surface area (Å²) in [6.07, 6.45) is 2.69. The molecule has 1 aliphatic heterocycles. The normalized spacial score (nSPS) is 39.0. The first-order valence-electron chi connectivity index (χ1n) is 8.39. The minimum atomic E-state index is -0.976. The van der Waals surface area contributed by atoms with Gasteiger partial charge in [-0.05, 0) is 32.1 Å². The molecule has 7 nitrogen and oxygen atoms in total. The minimum absolute atomic E-state index is 0.00529. The van der Waals surface area contributed by atoms with Gasteiger partial charge >= 0.3 is 5.97 Å². The van der Waals surface area contributed by atoms with Gasteiger partial charge in [-0.2, -0.15) is 0 Å². The molecule has 2 saturated carbocycles. The van der Waals surface area contributed by atoms with Crippen LogP contribution in [0.4, 0.5) is 0 Å². The van der Waals surface area contributed by atoms with E-state index in [0.29, 0.717) is 24.0 Å². The Morgan fingerprint density at radius 2 is 2.24 bits per heavy atom. The van der Waals surface area contributed by atoms with Crippen LogP contribution in [0.1, 0.15) is 43.8 Å². The number of nitrogens with two attached hydrogens (primary N) is 1. The van der Waals surface area contributed by atoms with Crippen LogP contribution in [0.5, 0.6) is 0 Å². The van der Waals surface area contributed by atoms with E-state index in [1.54, 1.807) is 12.3 Å². The number of aromatic nitrogens is 1. The number of primary amides is 1. The molecule has 3 aliphatic rings. The Morgan fingerprint density at radius 1 is 1.48 bits per heavy atom. The predicted octanol–water partition coefficient (Wildman–Crippen LogP) is 1.78. The molecule has 1 saturated heterocycles. The Labute approximate surface area is 149 Å². The summed E-state index contributed by atoms with van der Waals surface area (Å²) in [7, 11) is 0. The summed E-state index contributed by atoms with van der Waals surface area (Å²) in [4.78, 5) is 33.9. The highest BCUT2D eigenvalue weighted by atomic mass is 32.1. The second-order valence-electron chi connectivity index (χ2n) is 7.78. The lowest BCUT2D eigenvalue weighted by atomic mass is 9.66. The fraction of sp³-hybridized carbons (Fsp3) is 0.647. The third-order valence-corrected chi connectivity index (χ3v) is 7.77. The van der Waals surface area contributed by atoms with E-state index in [1.807, 2.05) is 0 Å². The molecule has 25 heavy (non-hydrogen) atoms. The van der Waals surface area contributed by atoms with Crippen molar-refractivity contribution in [3.8, 4) is 0 Å². The van der Waals surface area contributed by atoms with Crippen LogP contribution in [-0.4, -0.2) is 34.8 Å². The van der Waals surface area contributed by atoms with Gasteiger partial charge in [-0.25, -0.2) is 9.78 Å². The lowest BCUT2D eigenvalue weighted by Crippen LogP contribution is -2.50. The number of carbonyl (C=O) groups is 2. The van der Waals surface area contributed by atoms with Crippen LogP contribution in [0.2, 0.25) is 0 Å². The highest BCUT2D eigenvalue weighted by Crippen LogP contribution is 2.75. The van der Waals surface area contributed by atoms with Crippen molar-refractivity contribution in [2.75, 3.05) is 6.61 Å². The van der Waals surface area contributed by atoms with Gasteiger partial charge in [0.25, 0.3) is 5.91 Å². The predicted molar refractivity (Wildman–Crippen MR) is 90.9 cm³/mol. The molecule has 134 valence electrons. The first kappa shape index (κ1) is 16.7. The van der Waals surface area contributed by atoms with Crippen molar-refractivity contribution in [2.45, 2.75) is 45.6 Å². The summed E-state index contributed by atoms with van der Waals surface area (Å²) >= 11 is 1.23. The molecule has 0 radical (unpaired) electrons. The molecule has 2 N–H and O–H groups in total. The van der Waals surface area contributed by atoms with Crippen LogP contribution in [0.15, 0.2) is 10.5 Å². The molecule has 2 heterocycles. The molecule has 3 fully saturated rings. The molecule has 4 rings (SSSR count). The zero-order chi connectivity index (χ0) is 18.0. The van der Waals surface area contributed by atoms with Gasteiger partial charge in [0, 0.05) is 21.9 Å². The zero-order valence-electron chi connectivity index (χ0n) is 14.5. The van der Waals surface area contributed by atoms with Gasteiger partial charge < -0.3 is 15.3 Å². The molecule has 0 unspecified atom stereocenters. The zero-order valence-corrected chi connectivity index (χ0v) is 15.3. The molecule has 1 aromatic heterocycles. The molecule has 8 heteroatoms. The van der Waals surface area contributed by atoms with Crippen molar-refractivity contribution in [3.05, 3.63) is 16.1 Å². The van der Waals surface area contributed by atoms with Gasteiger partial charge in [-0.15, -0.1) is 11.3 Å². The molecule has 0 spiro atoms. The summed E-state index contributed by atoms with van der Waals surface area (Å²) in [6, 6.07) is 0. The number of oxime groups is 1. The molecule has 0 aromatic carbocycles. The van der Waals surface area contributed by atoms with Gasteiger partial charge in [-0.3, -0.25) is 4.79 Å². The van der Waals surface area contributed by atoms with Crippen LogP contribution in [-0.2, 0) is 19.2 Å². The van der Waals surface area contributed by atoms with E-state index >= 15 is 0 Å². The van der Waals surface area contributed by atoms with Crippen LogP contribution in [0.25, 0.3) is 0 Å². The monoisotopic (exact) mass is 363 g/mol. The maximum Gasteiger partial charge on any atom is 0.367 e. The second kappa shape index (κ2) is 5.11. The van der Waals surface area contributed by atoms with Crippen molar-refractivity contribution >= 4 is 28.9 Å². The van der Waals surface area contributed by atoms with E-state index in [-0.39, 0.29) is 16.5 Å². The highest BCUT2D eigenvalue weighted by molar-refractivity contribution is 7.12. The van der Waals surface area contributed by atoms with E-state index in [9.17, 15) is 9.59 Å². The average molecular weight is 363 g/mol. The number of hydrogen-bond donors (Lipinski definition) is 1. The van der Waals surface area contributed by atoms with E-state index in [0.717, 1.165) is 18.5 Å². The Morgan fingerprint density at radius 3 is 2.80 bits per heavy atom. The van der Waals surface area contributed by atoms with E-state index in [1.165, 1.54) is 11.3 Å². The Kier molecular flexibility index (Phi) is 3.40. The van der Waals surface area contributed by atoms with E-state index in [4.69, 9.17) is 15.3 Å². The Hall–Kier alpha value is -1.80. The first-order chi connectivity index (χ1) is 11.7. The molecule has 1 amide bonds. The van der Waals surface area contributed by atoms with Crippen LogP contribution < -0.4 is 5.73 Å². The molecule has 1 aromatic rings. The summed E-state index contributed by atoms with van der Waals surface area (Å²) in [6.45, 7) is 6.66. The number of ether oxygens (including phenoxy) is 1. The van der Waals surface area contributed by atoms with E-state index in [2.05, 4.69) is 24.0 Å². The van der Waals surface area contributed by atoms with Crippen LogP contribution in [0.3, 0.4) is 0 Å². The SMILES string of the molecule is Cc1csc(/C(=N/OC(=O)[C@]23C[C@@H]4CC[C@]2(C)[C@]4(C)CO3)C(N)=O)n1. The van der Waals surface area contributed by atoms with Gasteiger partial charge in [0.1, 0.15) is 0 Å². The number of carbonyl (C=O) groups excluding carboxylic acids is 2. The molecule has 2 aliphatic carbocycles. The van der Waals surface area contributed by atoms with E-state index < -0.39 is 17.5 Å². The maximum absolute atomic E-state index is 12.9. The fourth-order valence-corrected chi connectivity index (χ4v) is 5.81. The highest BCUT2D eigenvalue weighted by Gasteiger charge is 2.79. The van der Waals surface area contributed by atoms with Crippen molar-refractivity contribution in [2.24, 2.45) is 27.6 Å². The third kappa shape index (κ3) is 1.95. The Balaban J connectivity index is 1.61. The molecule has 4 bridgehead atoms. The lowest BCUT2D eigenvalue weighted by Gasteiger charge is -2.38. The topological polar surface area (TPSA) is 104 Å². The number of nitrogens with zero attached hydrogens (tertiary/aromatic N) is 2. The Bertz CT molecular complexity index is 806. The van der Waals surface area contributed by atoms with Crippen molar-refractivity contribution in [1.82, 2.24) is 4.98 Å². The van der Waals surface area contributed by atoms with Crippen molar-refractivity contribution in [3.63, 3.8) is 0 Å². The smallest absolute Gasteiger partial charge is 0.364 e. The largest absolute Gasteiger partial charge is 0.367 e. The number of rotatable bonds is 4. The summed E-state index contributed by atoms with van der Waals surface area (Å²) < 4.78 is 5.97. The number of amides is 1. The quantitative estimate of drug-likeness (QED) is 0.499. The lowest BCUT2D eigenvalue weighted by molar-refractivity contribution is -0.181. The summed E-state index contributed by atoms with van der Waals surface area (Å²) in [5.41, 5.74) is 4.73. The van der Waals surface area contributed by atoms with Gasteiger partial charge in [0.05, 0.1) is 6.61 Å². The standard InChI is InChI=1S/C17H21N3O4S/c1-9-7-25-13(19-9)11(12(18)21)20-24-14(22)17-6-10-4-5-16(17,3)15(10,2)8-23-17/h7,10H,4-6,8H2,1-3H3,(H2,18,21)/b20-11+/t10-,15+,16+,17+/m0/s1. The summed E-state index contributed by atoms with van der Waals surface area (Å²) in [5, 5.41) is 5.87. The van der Waals surface area contributed by atoms with Crippen LogP contribution >= 0.6 is 11.3 Å².